The summed E-state index contributed by atoms with van der Waals surface area (Å²) in [5.41, 5.74) is 14.9. The number of hydrogen-bond donors (Lipinski definition) is 2. The van der Waals surface area contributed by atoms with Gasteiger partial charge in [0.1, 0.15) is 0 Å². The van der Waals surface area contributed by atoms with Crippen molar-refractivity contribution in [2.45, 2.75) is 70.8 Å². The van der Waals surface area contributed by atoms with E-state index in [4.69, 9.17) is 5.73 Å². The van der Waals surface area contributed by atoms with E-state index in [2.05, 4.69) is 98.3 Å². The molecule has 0 radical (unpaired) electrons. The second-order valence-electron chi connectivity index (χ2n) is 9.61. The van der Waals surface area contributed by atoms with Crippen LogP contribution in [0.3, 0.4) is 0 Å². The Morgan fingerprint density at radius 3 is 1.72 bits per heavy atom. The van der Waals surface area contributed by atoms with Gasteiger partial charge in [-0.3, -0.25) is 0 Å². The molecular weight excluding hydrogens is 487 g/mol. The second-order valence-corrected chi connectivity index (χ2v) is 9.61. The zero-order chi connectivity index (χ0) is 28.6. The summed E-state index contributed by atoms with van der Waals surface area (Å²) in [5.74, 6) is 0. The molecule has 39 heavy (non-hydrogen) atoms. The van der Waals surface area contributed by atoms with Crippen LogP contribution in [0, 0.1) is 6.42 Å². The molecule has 1 saturated heterocycles. The third-order valence-corrected chi connectivity index (χ3v) is 6.39. The first-order valence-electron chi connectivity index (χ1n) is 14.0. The molecule has 0 aromatic heterocycles. The van der Waals surface area contributed by atoms with Crippen molar-refractivity contribution in [3.05, 3.63) is 116 Å². The molecule has 2 aliphatic rings. The average molecular weight is 543 g/mol. The number of nitrogens with zero attached hydrogens (tertiary/aromatic N) is 2. The van der Waals surface area contributed by atoms with Crippen molar-refractivity contribution in [2.24, 2.45) is 11.5 Å². The van der Waals surface area contributed by atoms with Crippen LogP contribution in [0.2, 0.25) is 0 Å². The molecule has 2 aromatic rings. The van der Waals surface area contributed by atoms with Crippen LogP contribution in [-0.4, -0.2) is 43.5 Å². The molecule has 1 atom stereocenters. The van der Waals surface area contributed by atoms with E-state index < -0.39 is 0 Å². The van der Waals surface area contributed by atoms with Gasteiger partial charge in [0.25, 0.3) is 0 Å². The van der Waals surface area contributed by atoms with Crippen molar-refractivity contribution in [3.8, 4) is 0 Å². The second kappa shape index (κ2) is 26.1. The van der Waals surface area contributed by atoms with E-state index in [0.29, 0.717) is 6.04 Å². The Balaban J connectivity index is 0. The molecule has 1 aliphatic heterocycles. The zero-order valence-corrected chi connectivity index (χ0v) is 27.7. The van der Waals surface area contributed by atoms with Gasteiger partial charge in [-0.05, 0) is 44.3 Å². The van der Waals surface area contributed by atoms with Gasteiger partial charge >= 0.3 is 29.6 Å². The monoisotopic (exact) mass is 542 g/mol. The zero-order valence-electron chi connectivity index (χ0n) is 25.7. The summed E-state index contributed by atoms with van der Waals surface area (Å²) < 4.78 is 0. The van der Waals surface area contributed by atoms with Gasteiger partial charge in [-0.25, -0.2) is 0 Å². The summed E-state index contributed by atoms with van der Waals surface area (Å²) in [7, 11) is 5.38. The minimum absolute atomic E-state index is 0. The number of benzene rings is 2. The fraction of sp³-hybridized carbons (Fsp3) is 0.441. The van der Waals surface area contributed by atoms with Crippen molar-refractivity contribution in [2.75, 3.05) is 27.7 Å². The summed E-state index contributed by atoms with van der Waals surface area (Å²) >= 11 is 0. The van der Waals surface area contributed by atoms with Crippen LogP contribution in [-0.2, 0) is 6.42 Å². The molecule has 0 spiro atoms. The molecule has 2 fully saturated rings. The normalized spacial score (nSPS) is 14.9. The molecule has 2 aromatic carbocycles. The minimum Gasteiger partial charge on any atom is -0.401 e. The average Bonchev–Trinajstić information content (AvgIpc) is 3.47. The predicted octanol–water partition coefficient (Wildman–Crippen LogP) is 4.53. The SMILES string of the molecule is C1CCCCC1.C=CN(C)C.C=CN1CCCC1C(=C)N.CN.C[CH-]c1ccc(Cc2ccccc2)cc1.[Na+]. The molecule has 4 N–H and O–H groups in total. The van der Waals surface area contributed by atoms with Crippen molar-refractivity contribution in [1.29, 1.82) is 0 Å². The van der Waals surface area contributed by atoms with E-state index in [9.17, 15) is 0 Å². The van der Waals surface area contributed by atoms with Crippen molar-refractivity contribution < 1.29 is 29.6 Å². The summed E-state index contributed by atoms with van der Waals surface area (Å²) in [4.78, 5) is 4.03. The Morgan fingerprint density at radius 2 is 1.36 bits per heavy atom. The van der Waals surface area contributed by atoms with Crippen LogP contribution < -0.4 is 41.0 Å². The first kappa shape index (κ1) is 39.0. The first-order valence-corrected chi connectivity index (χ1v) is 14.0. The standard InChI is InChI=1S/C15H15.C8H14N2.C6H12.C4H9N.CH5N.Na/c1-2-13-8-10-15(11-9-13)12-14-6-4-3-5-7-14;1-3-10-6-4-5-8(10)7(2)9;1-2-4-6-5-3-1;1-4-5(2)3;1-2;/h2-11H,12H2,1H3;3,8H,1-2,4-6,9H2;1-6H2;4H,1H2,2-3H3;2H2,1H3;/q-1;;;;;+1. The number of nitrogens with two attached hydrogens (primary N) is 2. The van der Waals surface area contributed by atoms with Crippen LogP contribution in [0.15, 0.2) is 92.4 Å². The number of likely N-dealkylation sites (tertiary alicyclic amines) is 1. The van der Waals surface area contributed by atoms with Gasteiger partial charge in [-0.2, -0.15) is 24.1 Å². The number of rotatable bonds is 6. The predicted molar refractivity (Wildman–Crippen MR) is 170 cm³/mol. The van der Waals surface area contributed by atoms with Crippen molar-refractivity contribution in [3.63, 3.8) is 0 Å². The Bertz CT molecular complexity index is 834. The van der Waals surface area contributed by atoms with E-state index in [1.165, 1.54) is 68.7 Å². The largest absolute Gasteiger partial charge is 1.00 e. The Kier molecular flexibility index (Phi) is 26.2. The van der Waals surface area contributed by atoms with E-state index >= 15 is 0 Å². The topological polar surface area (TPSA) is 58.5 Å². The van der Waals surface area contributed by atoms with Crippen molar-refractivity contribution in [1.82, 2.24) is 9.80 Å². The third kappa shape index (κ3) is 19.6. The molecule has 0 bridgehead atoms. The third-order valence-electron chi connectivity index (χ3n) is 6.39. The Morgan fingerprint density at radius 1 is 0.897 bits per heavy atom. The van der Waals surface area contributed by atoms with Gasteiger partial charge in [0, 0.05) is 26.3 Å². The molecule has 4 nitrogen and oxygen atoms in total. The van der Waals surface area contributed by atoms with Crippen molar-refractivity contribution >= 4 is 0 Å². The smallest absolute Gasteiger partial charge is 0.401 e. The molecule has 1 unspecified atom stereocenters. The maximum Gasteiger partial charge on any atom is 1.00 e. The maximum atomic E-state index is 5.58. The van der Waals surface area contributed by atoms with Crippen LogP contribution >= 0.6 is 0 Å². The van der Waals surface area contributed by atoms with Gasteiger partial charge in [0.2, 0.25) is 0 Å². The molecule has 1 aliphatic carbocycles. The Hall–Kier alpha value is -2.11. The molecule has 0 amide bonds. The van der Waals surface area contributed by atoms with E-state index in [1.54, 1.807) is 6.20 Å². The van der Waals surface area contributed by atoms with E-state index in [0.717, 1.165) is 25.1 Å². The van der Waals surface area contributed by atoms with Gasteiger partial charge in [0.05, 0.1) is 6.04 Å². The summed E-state index contributed by atoms with van der Waals surface area (Å²) in [6.45, 7) is 14.0. The maximum absolute atomic E-state index is 5.58. The van der Waals surface area contributed by atoms with Gasteiger partial charge in [0.15, 0.2) is 0 Å². The molecular formula is C34H55N4Na. The van der Waals surface area contributed by atoms with Gasteiger partial charge in [-0.15, -0.1) is 12.1 Å². The molecule has 1 heterocycles. The van der Waals surface area contributed by atoms with E-state index in [-0.39, 0.29) is 29.6 Å². The summed E-state index contributed by atoms with van der Waals surface area (Å²) in [6, 6.07) is 19.6. The van der Waals surface area contributed by atoms with Crippen LogP contribution in [0.5, 0.6) is 0 Å². The van der Waals surface area contributed by atoms with Crippen LogP contribution in [0.25, 0.3) is 0 Å². The molecule has 212 valence electrons. The summed E-state index contributed by atoms with van der Waals surface area (Å²) in [6.07, 6.45) is 18.1. The quantitative estimate of drug-likeness (QED) is 0.416. The van der Waals surface area contributed by atoms with E-state index in [1.807, 2.05) is 25.2 Å². The number of hydrogen-bond acceptors (Lipinski definition) is 4. The Labute approximate surface area is 263 Å². The summed E-state index contributed by atoms with van der Waals surface area (Å²) in [5, 5.41) is 0. The first-order chi connectivity index (χ1) is 18.4. The van der Waals surface area contributed by atoms with Crippen LogP contribution in [0.1, 0.15) is 75.0 Å². The van der Waals surface area contributed by atoms with Gasteiger partial charge in [-0.1, -0.05) is 101 Å². The molecule has 5 heteroatoms. The van der Waals surface area contributed by atoms with Gasteiger partial charge < -0.3 is 21.3 Å². The fourth-order valence-electron chi connectivity index (χ4n) is 4.13. The molecule has 4 rings (SSSR count). The fourth-order valence-corrected chi connectivity index (χ4v) is 4.13. The molecule has 1 saturated carbocycles. The minimum atomic E-state index is 0. The van der Waals surface area contributed by atoms with Crippen LogP contribution in [0.4, 0.5) is 0 Å².